The summed E-state index contributed by atoms with van der Waals surface area (Å²) in [4.78, 5) is 28.3. The van der Waals surface area contributed by atoms with Crippen LogP contribution in [0.4, 0.5) is 0 Å². The van der Waals surface area contributed by atoms with Crippen LogP contribution >= 0.6 is 11.3 Å². The van der Waals surface area contributed by atoms with Gasteiger partial charge in [-0.2, -0.15) is 4.98 Å². The molecular weight excluding hydrogens is 476 g/mol. The van der Waals surface area contributed by atoms with Gasteiger partial charge in [0.1, 0.15) is 11.3 Å². The third-order valence-corrected chi connectivity index (χ3v) is 6.62. The molecule has 3 aliphatic rings. The molecule has 5 rings (SSSR count). The van der Waals surface area contributed by atoms with Crippen molar-refractivity contribution in [1.29, 1.82) is 5.41 Å². The van der Waals surface area contributed by atoms with Crippen molar-refractivity contribution in [2.75, 3.05) is 7.11 Å². The van der Waals surface area contributed by atoms with Gasteiger partial charge in [0.15, 0.2) is 22.8 Å². The Hall–Kier alpha value is -4.50. The van der Waals surface area contributed by atoms with E-state index in [1.165, 1.54) is 33.7 Å². The number of carbonyl (C=O) groups is 1. The molecule has 0 saturated heterocycles. The third-order valence-electron chi connectivity index (χ3n) is 5.63. The van der Waals surface area contributed by atoms with Crippen LogP contribution in [0.3, 0.4) is 0 Å². The zero-order valence-electron chi connectivity index (χ0n) is 19.6. The first-order valence-corrected chi connectivity index (χ1v) is 11.9. The highest BCUT2D eigenvalue weighted by molar-refractivity contribution is 7.11. The van der Waals surface area contributed by atoms with Crippen LogP contribution in [-0.4, -0.2) is 27.7 Å². The highest BCUT2D eigenvalue weighted by Crippen LogP contribution is 2.29. The Kier molecular flexibility index (Phi) is 6.22. The average Bonchev–Trinajstić information content (AvgIpc) is 3.31. The molecule has 2 heterocycles. The van der Waals surface area contributed by atoms with E-state index in [9.17, 15) is 9.59 Å². The van der Waals surface area contributed by atoms with Crippen LogP contribution < -0.4 is 30.4 Å². The second kappa shape index (κ2) is 9.63. The van der Waals surface area contributed by atoms with Gasteiger partial charge in [0, 0.05) is 5.57 Å². The molecule has 0 spiro atoms. The summed E-state index contributed by atoms with van der Waals surface area (Å²) in [6, 6.07) is 13.4. The zero-order chi connectivity index (χ0) is 25.2. The summed E-state index contributed by atoms with van der Waals surface area (Å²) in [6.45, 7) is 2.43. The number of fused-ring (bicyclic) bond motifs is 1. The fourth-order valence-corrected chi connectivity index (χ4v) is 4.60. The van der Waals surface area contributed by atoms with Crippen LogP contribution in [0.25, 0.3) is 16.8 Å². The molecule has 2 aromatic rings. The molecule has 2 aliphatic heterocycles. The Morgan fingerprint density at radius 1 is 1.06 bits per heavy atom. The first-order chi connectivity index (χ1) is 17.4. The number of aromatic nitrogens is 3. The van der Waals surface area contributed by atoms with E-state index in [2.05, 4.69) is 10.1 Å². The summed E-state index contributed by atoms with van der Waals surface area (Å²) in [7, 11) is 1.55. The lowest BCUT2D eigenvalue weighted by Crippen LogP contribution is -2.47. The van der Waals surface area contributed by atoms with Gasteiger partial charge in [-0.1, -0.05) is 47.2 Å². The number of hydrogen-bond donors (Lipinski definition) is 2. The number of benzene rings is 2. The molecule has 36 heavy (non-hydrogen) atoms. The van der Waals surface area contributed by atoms with Crippen molar-refractivity contribution < 1.29 is 14.3 Å². The van der Waals surface area contributed by atoms with E-state index in [-0.39, 0.29) is 16.5 Å². The minimum atomic E-state index is -0.504. The molecule has 0 bridgehead atoms. The van der Waals surface area contributed by atoms with E-state index in [1.807, 2.05) is 31.2 Å². The zero-order valence-corrected chi connectivity index (χ0v) is 20.4. The minimum absolute atomic E-state index is 0.0217. The molecular formula is C27H22N4O4S. The minimum Gasteiger partial charge on any atom is -0.493 e. The number of aryl methyl sites for hydroxylation is 1. The lowest BCUT2D eigenvalue weighted by molar-refractivity contribution is -0.110. The molecule has 1 aliphatic carbocycles. The van der Waals surface area contributed by atoms with Crippen LogP contribution in [0.5, 0.6) is 11.5 Å². The Morgan fingerprint density at radius 2 is 1.81 bits per heavy atom. The standard InChI is InChI=1S/C27H22N4O4S/c1-16-3-5-17(6-4-16)15-35-22-12-7-18(14-23(22)34-2)13-21-24(28)31-27(29-25(21)33)36-26(30-31)19-8-10-20(32)11-9-19/h3-14,28,30H,15H2,1-2H3. The van der Waals surface area contributed by atoms with E-state index >= 15 is 0 Å². The monoisotopic (exact) mass is 498 g/mol. The number of hydrogen-bond acceptors (Lipinski definition) is 7. The quantitative estimate of drug-likeness (QED) is 0.438. The molecule has 180 valence electrons. The van der Waals surface area contributed by atoms with Crippen molar-refractivity contribution in [3.8, 4) is 16.6 Å². The molecule has 0 fully saturated rings. The van der Waals surface area contributed by atoms with Gasteiger partial charge in [0.2, 0.25) is 5.13 Å². The van der Waals surface area contributed by atoms with Crippen LogP contribution in [0.15, 0.2) is 71.6 Å². The van der Waals surface area contributed by atoms with Crippen molar-refractivity contribution >= 4 is 28.8 Å². The fourth-order valence-electron chi connectivity index (χ4n) is 3.67. The molecule has 8 nitrogen and oxygen atoms in total. The lowest BCUT2D eigenvalue weighted by Gasteiger charge is -2.11. The number of aromatic amines is 1. The Morgan fingerprint density at radius 3 is 2.53 bits per heavy atom. The molecule has 0 amide bonds. The maximum atomic E-state index is 12.8. The maximum absolute atomic E-state index is 12.8. The first kappa shape index (κ1) is 23.3. The number of nitrogens with zero attached hydrogens (tertiary/aromatic N) is 2. The predicted molar refractivity (Wildman–Crippen MR) is 137 cm³/mol. The highest BCUT2D eigenvalue weighted by atomic mass is 32.1. The van der Waals surface area contributed by atoms with Crippen molar-refractivity contribution in [3.63, 3.8) is 0 Å². The smallest absolute Gasteiger partial charge is 0.283 e. The van der Waals surface area contributed by atoms with Gasteiger partial charge >= 0.3 is 0 Å². The third kappa shape index (κ3) is 4.69. The van der Waals surface area contributed by atoms with Crippen LogP contribution in [-0.2, 0) is 11.4 Å². The number of ketones is 1. The molecule has 0 aromatic heterocycles. The summed E-state index contributed by atoms with van der Waals surface area (Å²) in [5.74, 6) is 1.00. The van der Waals surface area contributed by atoms with Gasteiger partial charge in [0.05, 0.1) is 12.3 Å². The number of allylic oxidation sites excluding steroid dienone is 4. The second-order valence-electron chi connectivity index (χ2n) is 8.19. The number of H-pyrrole nitrogens is 1. The molecule has 9 heteroatoms. The van der Waals surface area contributed by atoms with Gasteiger partial charge in [0.25, 0.3) is 5.56 Å². The van der Waals surface area contributed by atoms with Crippen LogP contribution in [0.2, 0.25) is 0 Å². The topological polar surface area (TPSA) is 110 Å². The molecule has 2 aromatic carbocycles. The van der Waals surface area contributed by atoms with Crippen molar-refractivity contribution in [3.05, 3.63) is 109 Å². The largest absolute Gasteiger partial charge is 0.493 e. The molecule has 0 radical (unpaired) electrons. The number of rotatable bonds is 5. The van der Waals surface area contributed by atoms with Gasteiger partial charge in [-0.05, 0) is 60.6 Å². The normalized spacial score (nSPS) is 13.6. The molecule has 2 N–H and O–H groups in total. The summed E-state index contributed by atoms with van der Waals surface area (Å²) >= 11 is 1.24. The van der Waals surface area contributed by atoms with E-state index in [0.29, 0.717) is 33.5 Å². The van der Waals surface area contributed by atoms with E-state index in [1.54, 1.807) is 43.5 Å². The highest BCUT2D eigenvalue weighted by Gasteiger charge is 2.13. The number of methoxy groups -OCH3 is 1. The summed E-state index contributed by atoms with van der Waals surface area (Å²) in [6.07, 6.45) is 7.91. The van der Waals surface area contributed by atoms with E-state index in [0.717, 1.165) is 11.1 Å². The molecule has 0 unspecified atom stereocenters. The number of carbonyl (C=O) groups excluding carboxylic acids is 1. The summed E-state index contributed by atoms with van der Waals surface area (Å²) < 4.78 is 13.6. The lowest BCUT2D eigenvalue weighted by atomic mass is 10.1. The van der Waals surface area contributed by atoms with Gasteiger partial charge in [-0.15, -0.1) is 0 Å². The summed E-state index contributed by atoms with van der Waals surface area (Å²) in [5, 5.41) is 12.2. The Labute approximate surface area is 209 Å². The van der Waals surface area contributed by atoms with Crippen LogP contribution in [0, 0.1) is 12.3 Å². The Balaban J connectivity index is 1.50. The Bertz CT molecular complexity index is 1720. The second-order valence-corrected chi connectivity index (χ2v) is 9.17. The van der Waals surface area contributed by atoms with Gasteiger partial charge in [-0.25, -0.2) is 4.68 Å². The van der Waals surface area contributed by atoms with Crippen molar-refractivity contribution in [1.82, 2.24) is 14.8 Å². The van der Waals surface area contributed by atoms with Crippen molar-refractivity contribution in [2.45, 2.75) is 13.5 Å². The first-order valence-electron chi connectivity index (χ1n) is 11.1. The molecule has 0 saturated carbocycles. The average molecular weight is 499 g/mol. The maximum Gasteiger partial charge on any atom is 0.283 e. The molecule has 0 atom stereocenters. The number of ether oxygens (including phenoxy) is 2. The van der Waals surface area contributed by atoms with Crippen molar-refractivity contribution in [2.24, 2.45) is 0 Å². The predicted octanol–water partition coefficient (Wildman–Crippen LogP) is 2.11. The van der Waals surface area contributed by atoms with E-state index < -0.39 is 5.56 Å². The van der Waals surface area contributed by atoms with Crippen LogP contribution in [0.1, 0.15) is 16.7 Å². The van der Waals surface area contributed by atoms with E-state index in [4.69, 9.17) is 14.9 Å². The van der Waals surface area contributed by atoms with Gasteiger partial charge in [-0.3, -0.25) is 20.1 Å². The fraction of sp³-hybridized carbons (Fsp3) is 0.111. The number of nitrogens with one attached hydrogen (secondary N) is 2. The van der Waals surface area contributed by atoms with Gasteiger partial charge < -0.3 is 9.47 Å². The SMILES string of the molecule is COc1cc(C=c2c(=O)nc3sc(=C4C=CC(=O)C=C4)[nH]n-3c2=N)ccc1OCc1ccc(C)cc1. The summed E-state index contributed by atoms with van der Waals surface area (Å²) in [5.41, 5.74) is 3.14.